The number of benzene rings is 2. The van der Waals surface area contributed by atoms with Crippen LogP contribution in [0.4, 0.5) is 0 Å². The van der Waals surface area contributed by atoms with Gasteiger partial charge in [0.05, 0.1) is 0 Å². The van der Waals surface area contributed by atoms with E-state index in [1.807, 2.05) is 42.5 Å². The molecule has 2 aromatic carbocycles. The van der Waals surface area contributed by atoms with E-state index in [0.717, 1.165) is 10.8 Å². The monoisotopic (exact) mass is 238 g/mol. The van der Waals surface area contributed by atoms with Crippen LogP contribution in [0.15, 0.2) is 60.8 Å². The zero-order valence-electron chi connectivity index (χ0n) is 9.48. The summed E-state index contributed by atoms with van der Waals surface area (Å²) in [5, 5.41) is 17.1. The fourth-order valence-corrected chi connectivity index (χ4v) is 1.77. The van der Waals surface area contributed by atoms with Crippen molar-refractivity contribution in [3.63, 3.8) is 0 Å². The van der Waals surface area contributed by atoms with Crippen molar-refractivity contribution in [2.75, 3.05) is 0 Å². The summed E-state index contributed by atoms with van der Waals surface area (Å²) in [5.41, 5.74) is 0. The first-order valence-corrected chi connectivity index (χ1v) is 5.55. The molecular weight excluding hydrogens is 228 g/mol. The molecule has 3 rings (SSSR count). The number of nitrogens with zero attached hydrogens (tertiary/aromatic N) is 2. The normalized spacial score (nSPS) is 10.4. The fraction of sp³-hybridized carbons (Fsp3) is 0. The highest BCUT2D eigenvalue weighted by molar-refractivity contribution is 5.85. The molecule has 3 aromatic rings. The Kier molecular flexibility index (Phi) is 2.53. The van der Waals surface area contributed by atoms with Crippen LogP contribution in [0.3, 0.4) is 0 Å². The Labute approximate surface area is 104 Å². The molecule has 0 fully saturated rings. The second-order valence-electron chi connectivity index (χ2n) is 3.83. The van der Waals surface area contributed by atoms with Crippen molar-refractivity contribution < 1.29 is 9.58 Å². The van der Waals surface area contributed by atoms with Gasteiger partial charge in [-0.3, -0.25) is 0 Å². The van der Waals surface area contributed by atoms with Crippen LogP contribution in [-0.4, -0.2) is 5.10 Å². The molecule has 1 aromatic heterocycles. The highest BCUT2D eigenvalue weighted by Crippen LogP contribution is 2.25. The smallest absolute Gasteiger partial charge is 0.419 e. The maximum absolute atomic E-state index is 11.7. The zero-order valence-corrected chi connectivity index (χ0v) is 9.48. The van der Waals surface area contributed by atoms with Crippen molar-refractivity contribution in [1.29, 1.82) is 0 Å². The van der Waals surface area contributed by atoms with Gasteiger partial charge in [0.2, 0.25) is 0 Å². The number of hydrogen-bond donors (Lipinski definition) is 0. The molecule has 0 amide bonds. The molecule has 0 aliphatic carbocycles. The number of para-hydroxylation sites is 1. The Bertz CT molecular complexity index is 684. The van der Waals surface area contributed by atoms with Crippen molar-refractivity contribution in [2.45, 2.75) is 0 Å². The van der Waals surface area contributed by atoms with Gasteiger partial charge in [-0.1, -0.05) is 36.4 Å². The van der Waals surface area contributed by atoms with Gasteiger partial charge in [-0.2, -0.15) is 0 Å². The summed E-state index contributed by atoms with van der Waals surface area (Å²) in [6, 6.07) is 16.7. The van der Waals surface area contributed by atoms with Crippen molar-refractivity contribution in [2.24, 2.45) is 0 Å². The molecule has 0 spiro atoms. The average Bonchev–Trinajstić information content (AvgIpc) is 2.43. The van der Waals surface area contributed by atoms with Gasteiger partial charge in [0.1, 0.15) is 17.3 Å². The predicted molar refractivity (Wildman–Crippen MR) is 67.2 cm³/mol. The number of rotatable bonds is 2. The van der Waals surface area contributed by atoms with Gasteiger partial charge in [-0.15, -0.1) is 0 Å². The van der Waals surface area contributed by atoms with Crippen molar-refractivity contribution >= 4 is 10.8 Å². The van der Waals surface area contributed by atoms with E-state index < -0.39 is 0 Å². The summed E-state index contributed by atoms with van der Waals surface area (Å²) >= 11 is 0. The van der Waals surface area contributed by atoms with E-state index in [1.54, 1.807) is 12.1 Å². The van der Waals surface area contributed by atoms with Crippen molar-refractivity contribution in [3.05, 3.63) is 66.0 Å². The lowest BCUT2D eigenvalue weighted by atomic mass is 10.2. The first kappa shape index (κ1) is 10.5. The lowest BCUT2D eigenvalue weighted by molar-refractivity contribution is -0.672. The Balaban J connectivity index is 2.13. The number of hydrogen-bond acceptors (Lipinski definition) is 3. The SMILES string of the molecule is [O-][n+]1ncc2ccccc2c1Oc1ccccc1. The van der Waals surface area contributed by atoms with Crippen molar-refractivity contribution in [1.82, 2.24) is 5.10 Å². The molecule has 0 N–H and O–H groups in total. The Morgan fingerprint density at radius 1 is 0.944 bits per heavy atom. The molecule has 0 radical (unpaired) electrons. The first-order valence-electron chi connectivity index (χ1n) is 5.55. The highest BCUT2D eigenvalue weighted by Gasteiger charge is 2.15. The lowest BCUT2D eigenvalue weighted by Crippen LogP contribution is -2.32. The quantitative estimate of drug-likeness (QED) is 0.509. The standard InChI is InChI=1S/C14H10N2O2/c17-16-14(18-12-7-2-1-3-8-12)13-9-5-4-6-11(13)10-15-16/h1-10H. The van der Waals surface area contributed by atoms with Gasteiger partial charge in [0.15, 0.2) is 0 Å². The van der Waals surface area contributed by atoms with Crippen LogP contribution in [0.2, 0.25) is 0 Å². The third-order valence-electron chi connectivity index (χ3n) is 2.62. The molecule has 4 nitrogen and oxygen atoms in total. The largest absolute Gasteiger partial charge is 0.591 e. The van der Waals surface area contributed by atoms with E-state index in [2.05, 4.69) is 5.10 Å². The summed E-state index contributed by atoms with van der Waals surface area (Å²) in [6.07, 6.45) is 1.53. The van der Waals surface area contributed by atoms with E-state index in [9.17, 15) is 5.21 Å². The van der Waals surface area contributed by atoms with Crippen molar-refractivity contribution in [3.8, 4) is 11.6 Å². The van der Waals surface area contributed by atoms with Crippen LogP contribution in [0.5, 0.6) is 11.6 Å². The van der Waals surface area contributed by atoms with Gasteiger partial charge in [-0.05, 0) is 23.0 Å². The third-order valence-corrected chi connectivity index (χ3v) is 2.62. The Morgan fingerprint density at radius 3 is 2.50 bits per heavy atom. The molecule has 18 heavy (non-hydrogen) atoms. The Hall–Kier alpha value is -2.62. The molecule has 0 saturated heterocycles. The van der Waals surface area contributed by atoms with Crippen LogP contribution in [-0.2, 0) is 0 Å². The third kappa shape index (κ3) is 1.84. The summed E-state index contributed by atoms with van der Waals surface area (Å²) in [4.78, 5) is 0.495. The molecule has 1 heterocycles. The van der Waals surface area contributed by atoms with Crippen LogP contribution in [0.1, 0.15) is 0 Å². The summed E-state index contributed by atoms with van der Waals surface area (Å²) in [7, 11) is 0. The number of ether oxygens (including phenoxy) is 1. The van der Waals surface area contributed by atoms with Gasteiger partial charge >= 0.3 is 5.88 Å². The highest BCUT2D eigenvalue weighted by atomic mass is 16.6. The lowest BCUT2D eigenvalue weighted by Gasteiger charge is -2.06. The molecule has 4 heteroatoms. The molecule has 0 aliphatic rings. The minimum absolute atomic E-state index is 0.194. The summed E-state index contributed by atoms with van der Waals surface area (Å²) in [5.74, 6) is 0.805. The van der Waals surface area contributed by atoms with Gasteiger partial charge < -0.3 is 9.94 Å². The molecule has 88 valence electrons. The maximum Gasteiger partial charge on any atom is 0.419 e. The van der Waals surface area contributed by atoms with Crippen LogP contribution < -0.4 is 9.58 Å². The summed E-state index contributed by atoms with van der Waals surface area (Å²) < 4.78 is 5.61. The number of aromatic nitrogens is 2. The molecule has 0 atom stereocenters. The van der Waals surface area contributed by atoms with Gasteiger partial charge in [0.25, 0.3) is 0 Å². The molecular formula is C14H10N2O2. The molecule has 0 aliphatic heterocycles. The van der Waals surface area contributed by atoms with Gasteiger partial charge in [0, 0.05) is 10.5 Å². The minimum atomic E-state index is 0.194. The molecule has 0 saturated carbocycles. The van der Waals surface area contributed by atoms with Gasteiger partial charge in [-0.25, -0.2) is 0 Å². The molecule has 0 bridgehead atoms. The first-order chi connectivity index (χ1) is 8.84. The van der Waals surface area contributed by atoms with E-state index in [0.29, 0.717) is 10.6 Å². The van der Waals surface area contributed by atoms with Crippen LogP contribution in [0, 0.1) is 5.21 Å². The van der Waals surface area contributed by atoms with E-state index in [4.69, 9.17) is 4.74 Å². The topological polar surface area (TPSA) is 49.1 Å². The van der Waals surface area contributed by atoms with Crippen LogP contribution in [0.25, 0.3) is 10.8 Å². The second kappa shape index (κ2) is 4.33. The number of fused-ring (bicyclic) bond motifs is 1. The second-order valence-corrected chi connectivity index (χ2v) is 3.83. The predicted octanol–water partition coefficient (Wildman–Crippen LogP) is 2.66. The average molecular weight is 238 g/mol. The minimum Gasteiger partial charge on any atom is -0.591 e. The Morgan fingerprint density at radius 2 is 1.67 bits per heavy atom. The summed E-state index contributed by atoms with van der Waals surface area (Å²) in [6.45, 7) is 0. The van der Waals surface area contributed by atoms with E-state index in [-0.39, 0.29) is 5.88 Å². The van der Waals surface area contributed by atoms with Crippen LogP contribution >= 0.6 is 0 Å². The maximum atomic E-state index is 11.7. The van der Waals surface area contributed by atoms with E-state index >= 15 is 0 Å². The zero-order chi connectivity index (χ0) is 12.4. The fourth-order valence-electron chi connectivity index (χ4n) is 1.77. The molecule has 0 unspecified atom stereocenters. The van der Waals surface area contributed by atoms with E-state index in [1.165, 1.54) is 6.20 Å².